The first-order chi connectivity index (χ1) is 12.0. The number of halogens is 1. The van der Waals surface area contributed by atoms with Crippen molar-refractivity contribution >= 4 is 29.2 Å². The number of carboxylic acids is 1. The molecule has 0 spiro atoms. The number of nitrogens with zero attached hydrogens (tertiary/aromatic N) is 1. The summed E-state index contributed by atoms with van der Waals surface area (Å²) >= 11 is 6.00. The Labute approximate surface area is 151 Å². The van der Waals surface area contributed by atoms with Gasteiger partial charge in [-0.15, -0.1) is 0 Å². The van der Waals surface area contributed by atoms with E-state index in [0.29, 0.717) is 42.3 Å². The summed E-state index contributed by atoms with van der Waals surface area (Å²) in [6.45, 7) is 0.381. The predicted octanol–water partition coefficient (Wildman–Crippen LogP) is 2.93. The largest absolute Gasteiger partial charge is 0.495 e. The number of anilines is 1. The molecule has 1 aromatic rings. The lowest BCUT2D eigenvalue weighted by Gasteiger charge is -2.07. The molecule has 0 aromatic heterocycles. The summed E-state index contributed by atoms with van der Waals surface area (Å²) in [4.78, 5) is 22.3. The quantitative estimate of drug-likeness (QED) is 0.334. The molecule has 0 atom stereocenters. The third-order valence-electron chi connectivity index (χ3n) is 3.25. The summed E-state index contributed by atoms with van der Waals surface area (Å²) in [6.07, 6.45) is 3.33. The third kappa shape index (κ3) is 7.59. The van der Waals surface area contributed by atoms with Crippen molar-refractivity contribution in [2.24, 2.45) is 0 Å². The molecule has 1 amide bonds. The monoisotopic (exact) mass is 365 g/mol. The maximum atomic E-state index is 11.9. The Balaban J connectivity index is 2.47. The highest BCUT2D eigenvalue weighted by atomic mass is 35.5. The van der Waals surface area contributed by atoms with Gasteiger partial charge in [0, 0.05) is 24.9 Å². The van der Waals surface area contributed by atoms with Crippen LogP contribution in [0.3, 0.4) is 0 Å². The highest BCUT2D eigenvalue weighted by molar-refractivity contribution is 6.32. The molecule has 0 saturated heterocycles. The molecule has 134 valence electrons. The van der Waals surface area contributed by atoms with Crippen molar-refractivity contribution in [1.29, 1.82) is 5.26 Å². The number of carboxylic acid groups (broad SMARTS) is 1. The lowest BCUT2D eigenvalue weighted by Crippen LogP contribution is -2.26. The van der Waals surface area contributed by atoms with Gasteiger partial charge < -0.3 is 20.5 Å². The van der Waals surface area contributed by atoms with Gasteiger partial charge in [-0.25, -0.2) is 0 Å². The van der Waals surface area contributed by atoms with Gasteiger partial charge in [-0.3, -0.25) is 9.59 Å². The normalized spacial score (nSPS) is 10.7. The molecule has 0 saturated carbocycles. The lowest BCUT2D eigenvalue weighted by molar-refractivity contribution is -0.137. The minimum absolute atomic E-state index is 0.0718. The molecular weight excluding hydrogens is 346 g/mol. The van der Waals surface area contributed by atoms with Crippen molar-refractivity contribution < 1.29 is 19.4 Å². The van der Waals surface area contributed by atoms with Crippen LogP contribution in [0.5, 0.6) is 5.75 Å². The molecule has 0 aliphatic heterocycles. The van der Waals surface area contributed by atoms with Crippen LogP contribution in [0.2, 0.25) is 5.02 Å². The van der Waals surface area contributed by atoms with Gasteiger partial charge in [0.05, 0.1) is 12.1 Å². The fourth-order valence-electron chi connectivity index (χ4n) is 1.94. The van der Waals surface area contributed by atoms with Gasteiger partial charge in [0.1, 0.15) is 17.4 Å². The molecule has 8 heteroatoms. The summed E-state index contributed by atoms with van der Waals surface area (Å²) in [6, 6.07) is 6.82. The zero-order chi connectivity index (χ0) is 18.7. The zero-order valence-electron chi connectivity index (χ0n) is 13.8. The number of benzene rings is 1. The van der Waals surface area contributed by atoms with Crippen LogP contribution in [-0.2, 0) is 9.59 Å². The van der Waals surface area contributed by atoms with Gasteiger partial charge in [0.15, 0.2) is 0 Å². The Kier molecular flexibility index (Phi) is 8.90. The Hall–Kier alpha value is -2.72. The van der Waals surface area contributed by atoms with Crippen molar-refractivity contribution in [1.82, 2.24) is 5.32 Å². The van der Waals surface area contributed by atoms with Crippen molar-refractivity contribution in [2.75, 3.05) is 19.0 Å². The van der Waals surface area contributed by atoms with E-state index in [4.69, 9.17) is 26.7 Å². The molecular formula is C17H20ClN3O4. The molecule has 1 aromatic carbocycles. The second-order valence-electron chi connectivity index (χ2n) is 5.12. The zero-order valence-corrected chi connectivity index (χ0v) is 14.6. The van der Waals surface area contributed by atoms with Crippen molar-refractivity contribution in [3.63, 3.8) is 0 Å². The summed E-state index contributed by atoms with van der Waals surface area (Å²) in [7, 11) is 1.51. The summed E-state index contributed by atoms with van der Waals surface area (Å²) in [5.74, 6) is -0.798. The van der Waals surface area contributed by atoms with Crippen LogP contribution in [0.4, 0.5) is 5.69 Å². The number of amides is 1. The number of carbonyl (C=O) groups excluding carboxylic acids is 1. The molecule has 0 unspecified atom stereocenters. The number of aliphatic carboxylic acids is 1. The number of rotatable bonds is 10. The highest BCUT2D eigenvalue weighted by Gasteiger charge is 2.08. The van der Waals surface area contributed by atoms with E-state index in [9.17, 15) is 9.59 Å². The molecule has 0 fully saturated rings. The van der Waals surface area contributed by atoms with Gasteiger partial charge in [0.2, 0.25) is 0 Å². The standard InChI is InChI=1S/C17H20ClN3O4/c1-25-15-7-6-13(9-14(15)18)21-11-12(10-19)17(24)20-8-4-2-3-5-16(22)23/h6-7,9,11,21H,2-5,8H2,1H3,(H,20,24)(H,22,23)/b12-11-. The average molecular weight is 366 g/mol. The second kappa shape index (κ2) is 10.9. The predicted molar refractivity (Wildman–Crippen MR) is 94.4 cm³/mol. The SMILES string of the molecule is COc1ccc(N/C=C(/C#N)C(=O)NCCCCCC(=O)O)cc1Cl. The van der Waals surface area contributed by atoms with Crippen LogP contribution in [0.25, 0.3) is 0 Å². The molecule has 0 aliphatic rings. The average Bonchev–Trinajstić information content (AvgIpc) is 2.58. The van der Waals surface area contributed by atoms with Gasteiger partial charge >= 0.3 is 5.97 Å². The Bertz CT molecular complexity index is 683. The van der Waals surface area contributed by atoms with Crippen molar-refractivity contribution in [3.8, 4) is 11.8 Å². The summed E-state index contributed by atoms with van der Waals surface area (Å²) < 4.78 is 5.05. The van der Waals surface area contributed by atoms with Crippen LogP contribution in [0.15, 0.2) is 30.0 Å². The van der Waals surface area contributed by atoms with Crippen LogP contribution in [-0.4, -0.2) is 30.6 Å². The van der Waals surface area contributed by atoms with Crippen molar-refractivity contribution in [3.05, 3.63) is 35.0 Å². The number of carbonyl (C=O) groups is 2. The summed E-state index contributed by atoms with van der Waals surface area (Å²) in [5, 5.41) is 23.5. The fraction of sp³-hybridized carbons (Fsp3) is 0.353. The van der Waals surface area contributed by atoms with E-state index in [1.807, 2.05) is 6.07 Å². The third-order valence-corrected chi connectivity index (χ3v) is 3.55. The van der Waals surface area contributed by atoms with E-state index < -0.39 is 11.9 Å². The van der Waals surface area contributed by atoms with Gasteiger partial charge in [-0.1, -0.05) is 18.0 Å². The first-order valence-electron chi connectivity index (χ1n) is 7.68. The Morgan fingerprint density at radius 3 is 2.72 bits per heavy atom. The molecule has 0 radical (unpaired) electrons. The van der Waals surface area contributed by atoms with E-state index >= 15 is 0 Å². The minimum atomic E-state index is -0.830. The lowest BCUT2D eigenvalue weighted by atomic mass is 10.2. The maximum Gasteiger partial charge on any atom is 0.303 e. The molecule has 3 N–H and O–H groups in total. The number of methoxy groups -OCH3 is 1. The number of ether oxygens (including phenoxy) is 1. The number of nitriles is 1. The van der Waals surface area contributed by atoms with Crippen LogP contribution >= 0.6 is 11.6 Å². The molecule has 7 nitrogen and oxygen atoms in total. The summed E-state index contributed by atoms with van der Waals surface area (Å²) in [5.41, 5.74) is 0.539. The topological polar surface area (TPSA) is 111 Å². The van der Waals surface area contributed by atoms with E-state index in [1.54, 1.807) is 18.2 Å². The van der Waals surface area contributed by atoms with E-state index in [0.717, 1.165) is 0 Å². The molecule has 0 aliphatic carbocycles. The molecule has 1 rings (SSSR count). The van der Waals surface area contributed by atoms with E-state index in [2.05, 4.69) is 10.6 Å². The number of unbranched alkanes of at least 4 members (excludes halogenated alkanes) is 2. The van der Waals surface area contributed by atoms with Crippen LogP contribution < -0.4 is 15.4 Å². The first kappa shape index (κ1) is 20.3. The van der Waals surface area contributed by atoms with Gasteiger partial charge in [-0.05, 0) is 31.0 Å². The van der Waals surface area contributed by atoms with Crippen LogP contribution in [0, 0.1) is 11.3 Å². The Morgan fingerprint density at radius 2 is 2.12 bits per heavy atom. The van der Waals surface area contributed by atoms with Crippen LogP contribution in [0.1, 0.15) is 25.7 Å². The second-order valence-corrected chi connectivity index (χ2v) is 5.53. The first-order valence-corrected chi connectivity index (χ1v) is 8.06. The highest BCUT2D eigenvalue weighted by Crippen LogP contribution is 2.27. The number of nitrogens with one attached hydrogen (secondary N) is 2. The van der Waals surface area contributed by atoms with E-state index in [-0.39, 0.29) is 12.0 Å². The van der Waals surface area contributed by atoms with Gasteiger partial charge in [0.25, 0.3) is 5.91 Å². The van der Waals surface area contributed by atoms with Gasteiger partial charge in [-0.2, -0.15) is 5.26 Å². The fourth-order valence-corrected chi connectivity index (χ4v) is 2.19. The smallest absolute Gasteiger partial charge is 0.303 e. The molecule has 0 heterocycles. The maximum absolute atomic E-state index is 11.9. The molecule has 25 heavy (non-hydrogen) atoms. The molecule has 0 bridgehead atoms. The Morgan fingerprint density at radius 1 is 1.36 bits per heavy atom. The number of hydrogen-bond donors (Lipinski definition) is 3. The minimum Gasteiger partial charge on any atom is -0.495 e. The van der Waals surface area contributed by atoms with E-state index in [1.165, 1.54) is 13.3 Å². The van der Waals surface area contributed by atoms with Crippen molar-refractivity contribution in [2.45, 2.75) is 25.7 Å². The number of hydrogen-bond acceptors (Lipinski definition) is 5.